The topological polar surface area (TPSA) is 138 Å². The van der Waals surface area contributed by atoms with E-state index in [0.717, 1.165) is 18.4 Å². The van der Waals surface area contributed by atoms with Crippen molar-refractivity contribution in [3.63, 3.8) is 0 Å². The van der Waals surface area contributed by atoms with E-state index in [4.69, 9.17) is 9.47 Å². The molecule has 5 rings (SSSR count). The molecule has 1 saturated heterocycles. The molecule has 236 valence electrons. The van der Waals surface area contributed by atoms with Gasteiger partial charge >= 0.3 is 5.97 Å². The van der Waals surface area contributed by atoms with Crippen LogP contribution >= 0.6 is 0 Å². The SMILES string of the molecule is COc1ccc(C(=O)Nc2cc(C(=O)NC(CC(=O)O)c3ccc(C)cc3)ccc2N2CCN(C(=O)C3CC3)CC2)cc1OC. The molecule has 1 aliphatic carbocycles. The number of anilines is 2. The lowest BCUT2D eigenvalue weighted by Gasteiger charge is -2.37. The third kappa shape index (κ3) is 7.54. The molecule has 3 amide bonds. The van der Waals surface area contributed by atoms with Crippen LogP contribution in [0.3, 0.4) is 0 Å². The molecule has 1 unspecified atom stereocenters. The Bertz CT molecular complexity index is 1580. The fourth-order valence-electron chi connectivity index (χ4n) is 5.45. The molecule has 11 heteroatoms. The van der Waals surface area contributed by atoms with Gasteiger partial charge in [-0.15, -0.1) is 0 Å². The van der Waals surface area contributed by atoms with E-state index in [2.05, 4.69) is 15.5 Å². The third-order valence-electron chi connectivity index (χ3n) is 8.18. The van der Waals surface area contributed by atoms with Crippen molar-refractivity contribution in [1.29, 1.82) is 0 Å². The van der Waals surface area contributed by atoms with Gasteiger partial charge in [-0.2, -0.15) is 0 Å². The Morgan fingerprint density at radius 2 is 1.49 bits per heavy atom. The molecular weight excluding hydrogens is 576 g/mol. The van der Waals surface area contributed by atoms with E-state index in [1.54, 1.807) is 48.5 Å². The van der Waals surface area contributed by atoms with E-state index in [9.17, 15) is 24.3 Å². The molecule has 1 aliphatic heterocycles. The van der Waals surface area contributed by atoms with Crippen molar-refractivity contribution in [2.45, 2.75) is 32.2 Å². The van der Waals surface area contributed by atoms with Crippen molar-refractivity contribution in [2.75, 3.05) is 50.6 Å². The van der Waals surface area contributed by atoms with Gasteiger partial charge in [0.2, 0.25) is 5.91 Å². The van der Waals surface area contributed by atoms with Crippen LogP contribution < -0.4 is 25.0 Å². The van der Waals surface area contributed by atoms with Crippen LogP contribution in [0.25, 0.3) is 0 Å². The highest BCUT2D eigenvalue weighted by molar-refractivity contribution is 6.07. The number of hydrogen-bond acceptors (Lipinski definition) is 7. The van der Waals surface area contributed by atoms with Crippen molar-refractivity contribution < 1.29 is 33.8 Å². The lowest BCUT2D eigenvalue weighted by atomic mass is 10.0. The molecule has 1 atom stereocenters. The summed E-state index contributed by atoms with van der Waals surface area (Å²) >= 11 is 0. The maximum Gasteiger partial charge on any atom is 0.305 e. The number of amides is 3. The van der Waals surface area contributed by atoms with Crippen molar-refractivity contribution in [2.24, 2.45) is 5.92 Å². The molecule has 45 heavy (non-hydrogen) atoms. The first-order chi connectivity index (χ1) is 21.7. The smallest absolute Gasteiger partial charge is 0.305 e. The van der Waals surface area contributed by atoms with Crippen LogP contribution in [-0.4, -0.2) is 74.1 Å². The van der Waals surface area contributed by atoms with Gasteiger partial charge in [0.05, 0.1) is 38.1 Å². The zero-order valence-electron chi connectivity index (χ0n) is 25.7. The molecule has 0 spiro atoms. The Balaban J connectivity index is 1.41. The van der Waals surface area contributed by atoms with Crippen LogP contribution in [-0.2, 0) is 9.59 Å². The molecule has 1 heterocycles. The first-order valence-electron chi connectivity index (χ1n) is 15.0. The van der Waals surface area contributed by atoms with Gasteiger partial charge in [0, 0.05) is 43.2 Å². The predicted octanol–water partition coefficient (Wildman–Crippen LogP) is 4.27. The van der Waals surface area contributed by atoms with E-state index in [-0.39, 0.29) is 23.8 Å². The number of methoxy groups -OCH3 is 2. The molecule has 0 radical (unpaired) electrons. The number of carboxylic acids is 1. The molecule has 3 aromatic rings. The van der Waals surface area contributed by atoms with Gasteiger partial charge in [0.1, 0.15) is 0 Å². The summed E-state index contributed by atoms with van der Waals surface area (Å²) in [6.07, 6.45) is 1.61. The standard InChI is InChI=1S/C34H38N4O7/c1-21-4-6-22(7-5-21)26(20-31(39)40)35-32(41)24-10-12-28(37-14-16-38(17-15-37)34(43)23-8-9-23)27(18-24)36-33(42)25-11-13-29(44-2)30(19-25)45-3/h4-7,10-13,18-19,23,26H,8-9,14-17,20H2,1-3H3,(H,35,41)(H,36,42)(H,39,40). The summed E-state index contributed by atoms with van der Waals surface area (Å²) in [5, 5.41) is 15.3. The maximum atomic E-state index is 13.5. The first-order valence-corrected chi connectivity index (χ1v) is 15.0. The summed E-state index contributed by atoms with van der Waals surface area (Å²) in [6.45, 7) is 4.19. The largest absolute Gasteiger partial charge is 0.493 e. The van der Waals surface area contributed by atoms with Crippen LogP contribution in [0.5, 0.6) is 11.5 Å². The number of nitrogens with one attached hydrogen (secondary N) is 2. The summed E-state index contributed by atoms with van der Waals surface area (Å²) in [7, 11) is 3.00. The number of nitrogens with zero attached hydrogens (tertiary/aromatic N) is 2. The Labute approximate surface area is 262 Å². The number of aryl methyl sites for hydroxylation is 1. The lowest BCUT2D eigenvalue weighted by Crippen LogP contribution is -2.49. The fourth-order valence-corrected chi connectivity index (χ4v) is 5.45. The van der Waals surface area contributed by atoms with E-state index >= 15 is 0 Å². The van der Waals surface area contributed by atoms with Gasteiger partial charge in [-0.05, 0) is 61.7 Å². The van der Waals surface area contributed by atoms with Crippen molar-refractivity contribution in [3.8, 4) is 11.5 Å². The minimum atomic E-state index is -1.04. The van der Waals surface area contributed by atoms with Crippen LogP contribution in [0, 0.1) is 12.8 Å². The van der Waals surface area contributed by atoms with Gasteiger partial charge in [-0.3, -0.25) is 19.2 Å². The first kappa shape index (κ1) is 31.4. The fraction of sp³-hybridized carbons (Fsp3) is 0.353. The van der Waals surface area contributed by atoms with E-state index in [0.29, 0.717) is 60.2 Å². The van der Waals surface area contributed by atoms with Gasteiger partial charge in [-0.25, -0.2) is 0 Å². The monoisotopic (exact) mass is 614 g/mol. The second-order valence-electron chi connectivity index (χ2n) is 11.4. The number of carbonyl (C=O) groups excluding carboxylic acids is 3. The van der Waals surface area contributed by atoms with Crippen molar-refractivity contribution >= 4 is 35.1 Å². The zero-order chi connectivity index (χ0) is 32.1. The van der Waals surface area contributed by atoms with Crippen molar-refractivity contribution in [1.82, 2.24) is 10.2 Å². The van der Waals surface area contributed by atoms with Crippen LogP contribution in [0.15, 0.2) is 60.7 Å². The summed E-state index contributed by atoms with van der Waals surface area (Å²) < 4.78 is 10.7. The van der Waals surface area contributed by atoms with Gasteiger partial charge < -0.3 is 35.0 Å². The average Bonchev–Trinajstić information content (AvgIpc) is 3.90. The number of piperazine rings is 1. The minimum Gasteiger partial charge on any atom is -0.493 e. The van der Waals surface area contributed by atoms with Crippen LogP contribution in [0.1, 0.15) is 57.1 Å². The Morgan fingerprint density at radius 3 is 2.11 bits per heavy atom. The molecule has 2 aliphatic rings. The highest BCUT2D eigenvalue weighted by Gasteiger charge is 2.35. The van der Waals surface area contributed by atoms with Gasteiger partial charge in [0.15, 0.2) is 11.5 Å². The zero-order valence-corrected chi connectivity index (χ0v) is 25.7. The molecule has 2 fully saturated rings. The van der Waals surface area contributed by atoms with Crippen molar-refractivity contribution in [3.05, 3.63) is 82.9 Å². The minimum absolute atomic E-state index is 0.149. The molecule has 3 N–H and O–H groups in total. The van der Waals surface area contributed by atoms with E-state index in [1.807, 2.05) is 24.0 Å². The number of hydrogen-bond donors (Lipinski definition) is 3. The summed E-state index contributed by atoms with van der Waals surface area (Å²) in [6, 6.07) is 16.4. The number of aliphatic carboxylic acids is 1. The number of carbonyl (C=O) groups is 4. The van der Waals surface area contributed by atoms with E-state index in [1.165, 1.54) is 14.2 Å². The number of benzene rings is 3. The summed E-state index contributed by atoms with van der Waals surface area (Å²) in [4.78, 5) is 55.2. The number of rotatable bonds is 11. The quantitative estimate of drug-likeness (QED) is 0.291. The second-order valence-corrected chi connectivity index (χ2v) is 11.4. The van der Waals surface area contributed by atoms with Crippen LogP contribution in [0.2, 0.25) is 0 Å². The van der Waals surface area contributed by atoms with Gasteiger partial charge in [-0.1, -0.05) is 29.8 Å². The highest BCUT2D eigenvalue weighted by Crippen LogP contribution is 2.34. The molecule has 3 aromatic carbocycles. The van der Waals surface area contributed by atoms with Gasteiger partial charge in [0.25, 0.3) is 11.8 Å². The Kier molecular flexibility index (Phi) is 9.56. The van der Waals surface area contributed by atoms with E-state index < -0.39 is 23.8 Å². The second kappa shape index (κ2) is 13.7. The number of ether oxygens (including phenoxy) is 2. The third-order valence-corrected chi connectivity index (χ3v) is 8.18. The summed E-state index contributed by atoms with van der Waals surface area (Å²) in [5.74, 6) is -0.704. The lowest BCUT2D eigenvalue weighted by molar-refractivity contribution is -0.137. The average molecular weight is 615 g/mol. The molecule has 11 nitrogen and oxygen atoms in total. The summed E-state index contributed by atoms with van der Waals surface area (Å²) in [5.41, 5.74) is 3.39. The molecule has 1 saturated carbocycles. The predicted molar refractivity (Wildman–Crippen MR) is 169 cm³/mol. The molecular formula is C34H38N4O7. The molecule has 0 aromatic heterocycles. The highest BCUT2D eigenvalue weighted by atomic mass is 16.5. The normalized spacial score (nSPS) is 15.2. The Hall–Kier alpha value is -5.06. The van der Waals surface area contributed by atoms with Crippen LogP contribution in [0.4, 0.5) is 11.4 Å². The Morgan fingerprint density at radius 1 is 0.844 bits per heavy atom. The molecule has 0 bridgehead atoms. The number of carboxylic acid groups (broad SMARTS) is 1. The maximum absolute atomic E-state index is 13.5.